The SMILES string of the molecule is CCCNN1CCc2cc(N3CCC(c4cc(C(F)(F)F)cc(C(F)(F)F)c4)(C(F)(F)F)C3)ccc21. The van der Waals surface area contributed by atoms with Crippen LogP contribution in [0.5, 0.6) is 0 Å². The van der Waals surface area contributed by atoms with E-state index in [2.05, 4.69) is 5.43 Å². The van der Waals surface area contributed by atoms with Crippen LogP contribution in [-0.2, 0) is 24.2 Å². The number of halogens is 9. The number of hydrogen-bond acceptors (Lipinski definition) is 3. The zero-order valence-corrected chi connectivity index (χ0v) is 19.2. The van der Waals surface area contributed by atoms with E-state index in [0.29, 0.717) is 18.7 Å². The van der Waals surface area contributed by atoms with E-state index < -0.39 is 53.6 Å². The highest BCUT2D eigenvalue weighted by molar-refractivity contribution is 5.65. The van der Waals surface area contributed by atoms with Crippen LogP contribution in [0, 0.1) is 0 Å². The van der Waals surface area contributed by atoms with Gasteiger partial charge in [0.1, 0.15) is 5.41 Å². The van der Waals surface area contributed by atoms with E-state index in [1.807, 2.05) is 11.9 Å². The van der Waals surface area contributed by atoms with Gasteiger partial charge in [0.15, 0.2) is 0 Å². The van der Waals surface area contributed by atoms with Gasteiger partial charge in [-0.1, -0.05) is 6.92 Å². The van der Waals surface area contributed by atoms with Crippen molar-refractivity contribution < 1.29 is 39.5 Å². The monoisotopic (exact) mass is 525 g/mol. The number of anilines is 2. The summed E-state index contributed by atoms with van der Waals surface area (Å²) in [5, 5.41) is 1.95. The highest BCUT2D eigenvalue weighted by Gasteiger charge is 2.60. The number of nitrogens with zero attached hydrogens (tertiary/aromatic N) is 2. The van der Waals surface area contributed by atoms with Gasteiger partial charge in [-0.25, -0.2) is 5.43 Å². The fourth-order valence-corrected chi connectivity index (χ4v) is 4.89. The van der Waals surface area contributed by atoms with Gasteiger partial charge in [-0.15, -0.1) is 0 Å². The van der Waals surface area contributed by atoms with Gasteiger partial charge in [0.2, 0.25) is 0 Å². The maximum absolute atomic E-state index is 14.4. The second-order valence-corrected chi connectivity index (χ2v) is 9.17. The first-order valence-electron chi connectivity index (χ1n) is 11.4. The predicted molar refractivity (Wildman–Crippen MR) is 117 cm³/mol. The molecule has 0 amide bonds. The molecule has 0 saturated carbocycles. The van der Waals surface area contributed by atoms with Crippen LogP contribution >= 0.6 is 0 Å². The van der Waals surface area contributed by atoms with E-state index in [9.17, 15) is 39.5 Å². The maximum Gasteiger partial charge on any atom is 0.416 e. The highest BCUT2D eigenvalue weighted by atomic mass is 19.4. The lowest BCUT2D eigenvalue weighted by Crippen LogP contribution is -2.45. The quantitative estimate of drug-likeness (QED) is 0.438. The Balaban J connectivity index is 1.71. The zero-order chi connectivity index (χ0) is 26.5. The first kappa shape index (κ1) is 26.4. The molecular formula is C24H24F9N3. The number of alkyl halides is 9. The molecular weight excluding hydrogens is 501 g/mol. The van der Waals surface area contributed by atoms with Crippen molar-refractivity contribution in [2.24, 2.45) is 0 Å². The molecule has 2 aromatic rings. The molecule has 0 bridgehead atoms. The Morgan fingerprint density at radius 3 is 2.06 bits per heavy atom. The molecule has 0 spiro atoms. The van der Waals surface area contributed by atoms with Crippen LogP contribution in [0.1, 0.15) is 42.0 Å². The van der Waals surface area contributed by atoms with Crippen molar-refractivity contribution >= 4 is 11.4 Å². The van der Waals surface area contributed by atoms with Crippen molar-refractivity contribution in [3.05, 3.63) is 58.7 Å². The minimum Gasteiger partial charge on any atom is -0.370 e. The number of benzene rings is 2. The van der Waals surface area contributed by atoms with Gasteiger partial charge >= 0.3 is 18.5 Å². The van der Waals surface area contributed by atoms with Crippen molar-refractivity contribution in [1.29, 1.82) is 0 Å². The third-order valence-corrected chi connectivity index (χ3v) is 6.83. The Kier molecular flexibility index (Phi) is 6.64. The lowest BCUT2D eigenvalue weighted by molar-refractivity contribution is -0.185. The number of rotatable bonds is 5. The molecule has 1 fully saturated rings. The standard InChI is InChI=1S/C24H24F9N3/c1-2-7-34-36-8-5-15-10-19(3-4-20(15)36)35-9-6-21(14-35,24(31,32)33)16-11-17(22(25,26)27)13-18(12-16)23(28,29)30/h3-4,10-13,34H,2,5-9,14H2,1H3. The summed E-state index contributed by atoms with van der Waals surface area (Å²) in [4.78, 5) is 1.38. The molecule has 3 nitrogen and oxygen atoms in total. The highest BCUT2D eigenvalue weighted by Crippen LogP contribution is 2.51. The van der Waals surface area contributed by atoms with Crippen LogP contribution in [0.3, 0.4) is 0 Å². The van der Waals surface area contributed by atoms with E-state index in [1.54, 1.807) is 18.2 Å². The minimum atomic E-state index is -5.24. The van der Waals surface area contributed by atoms with Crippen molar-refractivity contribution in [2.75, 3.05) is 36.1 Å². The number of hydrazine groups is 1. The maximum atomic E-state index is 14.4. The average Bonchev–Trinajstić information content (AvgIpc) is 3.41. The predicted octanol–water partition coefficient (Wildman–Crippen LogP) is 6.71. The molecule has 2 aromatic carbocycles. The van der Waals surface area contributed by atoms with Crippen LogP contribution in [0.2, 0.25) is 0 Å². The molecule has 1 unspecified atom stereocenters. The van der Waals surface area contributed by atoms with Crippen LogP contribution in [0.25, 0.3) is 0 Å². The molecule has 36 heavy (non-hydrogen) atoms. The van der Waals surface area contributed by atoms with E-state index >= 15 is 0 Å². The molecule has 1 N–H and O–H groups in total. The fraction of sp³-hybridized carbons (Fsp3) is 0.500. The summed E-state index contributed by atoms with van der Waals surface area (Å²) in [6.07, 6.45) is -14.7. The Bertz CT molecular complexity index is 1080. The lowest BCUT2D eigenvalue weighted by Gasteiger charge is -2.33. The Hall–Kier alpha value is -2.63. The van der Waals surface area contributed by atoms with E-state index in [0.717, 1.165) is 24.2 Å². The van der Waals surface area contributed by atoms with Gasteiger partial charge < -0.3 is 9.91 Å². The summed E-state index contributed by atoms with van der Waals surface area (Å²) in [6, 6.07) is 5.38. The first-order chi connectivity index (χ1) is 16.7. The largest absolute Gasteiger partial charge is 0.416 e. The third kappa shape index (κ3) is 4.83. The first-order valence-corrected chi connectivity index (χ1v) is 11.4. The molecule has 2 aliphatic heterocycles. The molecule has 12 heteroatoms. The normalized spacial score (nSPS) is 20.8. The number of hydrogen-bond donors (Lipinski definition) is 1. The number of fused-ring (bicyclic) bond motifs is 1. The Labute approximate surface area is 201 Å². The molecule has 2 aliphatic rings. The summed E-state index contributed by atoms with van der Waals surface area (Å²) in [6.45, 7) is 2.48. The summed E-state index contributed by atoms with van der Waals surface area (Å²) in [5.74, 6) is 0. The van der Waals surface area contributed by atoms with Crippen LogP contribution < -0.4 is 15.3 Å². The molecule has 0 aliphatic carbocycles. The topological polar surface area (TPSA) is 18.5 Å². The van der Waals surface area contributed by atoms with E-state index in [-0.39, 0.29) is 24.7 Å². The smallest absolute Gasteiger partial charge is 0.370 e. The third-order valence-electron chi connectivity index (χ3n) is 6.83. The van der Waals surface area contributed by atoms with Crippen LogP contribution in [-0.4, -0.2) is 32.4 Å². The lowest BCUT2D eigenvalue weighted by atomic mass is 9.77. The summed E-state index contributed by atoms with van der Waals surface area (Å²) >= 11 is 0. The minimum absolute atomic E-state index is 0.154. The van der Waals surface area contributed by atoms with Gasteiger partial charge in [0.25, 0.3) is 0 Å². The zero-order valence-electron chi connectivity index (χ0n) is 19.2. The summed E-state index contributed by atoms with van der Waals surface area (Å²) in [7, 11) is 0. The van der Waals surface area contributed by atoms with E-state index in [4.69, 9.17) is 0 Å². The number of nitrogens with one attached hydrogen (secondary N) is 1. The Morgan fingerprint density at radius 1 is 0.861 bits per heavy atom. The molecule has 198 valence electrons. The van der Waals surface area contributed by atoms with Crippen LogP contribution in [0.15, 0.2) is 36.4 Å². The second-order valence-electron chi connectivity index (χ2n) is 9.17. The van der Waals surface area contributed by atoms with Crippen molar-refractivity contribution in [1.82, 2.24) is 5.43 Å². The van der Waals surface area contributed by atoms with Gasteiger partial charge in [-0.2, -0.15) is 39.5 Å². The van der Waals surface area contributed by atoms with Gasteiger partial charge in [-0.3, -0.25) is 0 Å². The van der Waals surface area contributed by atoms with Crippen LogP contribution in [0.4, 0.5) is 50.9 Å². The summed E-state index contributed by atoms with van der Waals surface area (Å²) < 4.78 is 123. The molecule has 2 heterocycles. The molecule has 0 aromatic heterocycles. The molecule has 1 atom stereocenters. The second kappa shape index (κ2) is 9.04. The molecule has 1 saturated heterocycles. The van der Waals surface area contributed by atoms with Crippen molar-refractivity contribution in [3.63, 3.8) is 0 Å². The van der Waals surface area contributed by atoms with Gasteiger partial charge in [-0.05, 0) is 66.8 Å². The average molecular weight is 525 g/mol. The Morgan fingerprint density at radius 2 is 1.50 bits per heavy atom. The molecule has 0 radical (unpaired) electrons. The molecule has 4 rings (SSSR count). The van der Waals surface area contributed by atoms with Gasteiger partial charge in [0.05, 0.1) is 16.8 Å². The summed E-state index contributed by atoms with van der Waals surface area (Å²) in [5.41, 5.74) is -1.94. The fourth-order valence-electron chi connectivity index (χ4n) is 4.89. The van der Waals surface area contributed by atoms with Crippen molar-refractivity contribution in [3.8, 4) is 0 Å². The van der Waals surface area contributed by atoms with Crippen molar-refractivity contribution in [2.45, 2.75) is 50.1 Å². The van der Waals surface area contributed by atoms with Gasteiger partial charge in [0, 0.05) is 31.9 Å². The van der Waals surface area contributed by atoms with E-state index in [1.165, 1.54) is 4.90 Å².